The van der Waals surface area contributed by atoms with Crippen LogP contribution in [0.3, 0.4) is 0 Å². The van der Waals surface area contributed by atoms with Crippen LogP contribution in [0.25, 0.3) is 0 Å². The van der Waals surface area contributed by atoms with Crippen LogP contribution >= 0.6 is 0 Å². The molecule has 4 aliphatic carbocycles. The Balaban J connectivity index is 0.760. The van der Waals surface area contributed by atoms with Crippen LogP contribution in [0.5, 0.6) is 0 Å². The van der Waals surface area contributed by atoms with Gasteiger partial charge in [-0.1, -0.05) is 12.2 Å². The van der Waals surface area contributed by atoms with E-state index in [4.69, 9.17) is 66.3 Å². The topological polar surface area (TPSA) is 470 Å². The van der Waals surface area contributed by atoms with Gasteiger partial charge in [-0.05, 0) is 83.0 Å². The molecule has 5 aliphatic heterocycles. The van der Waals surface area contributed by atoms with E-state index >= 15 is 0 Å². The minimum absolute atomic E-state index is 0.0115. The second kappa shape index (κ2) is 32.6. The Labute approximate surface area is 526 Å². The van der Waals surface area contributed by atoms with Crippen molar-refractivity contribution in [1.82, 2.24) is 0 Å². The summed E-state index contributed by atoms with van der Waals surface area (Å²) < 4.78 is 80.9. The molecular weight excluding hydrogens is 1220 g/mol. The fourth-order valence-electron chi connectivity index (χ4n) is 14.5. The third-order valence-electron chi connectivity index (χ3n) is 20.0. The van der Waals surface area contributed by atoms with Crippen LogP contribution in [0.15, 0.2) is 24.3 Å². The SMILES string of the molecule is COC1CC(C=CC(=O)OC[C@H]2O[C@@H](OC3CCC(C=CC(=O)O[C@@H]4[C@@H](O)[C@@H](O)[C@H](OC[C@H]5O[C@@H](OC6CC7C(O[C@@H]8O[C@H](CO)[C@@H](O)[C@H](O)[C@H]8O)CC(O)CC7[OH+]C6C6CC(OC)C(O)C(OC)C6)[C@H](O)[C@@H](O)[C@@H]5O)O[C@H]4C)CC3)[C@H](O)[C@@H](O)[C@@H]2O)CCC1O. The summed E-state index contributed by atoms with van der Waals surface area (Å²) in [7, 11) is 4.40. The highest BCUT2D eigenvalue weighted by atomic mass is 16.7. The lowest BCUT2D eigenvalue weighted by Gasteiger charge is -2.50. The summed E-state index contributed by atoms with van der Waals surface area (Å²) >= 11 is 0. The van der Waals surface area contributed by atoms with Gasteiger partial charge in [-0.3, -0.25) is 0 Å². The Bertz CT molecular complexity index is 2320. The maximum Gasteiger partial charge on any atom is 0.330 e. The Hall–Kier alpha value is -2.66. The highest BCUT2D eigenvalue weighted by Gasteiger charge is 2.58. The molecule has 31 atom stereocenters. The van der Waals surface area contributed by atoms with Crippen LogP contribution in [0.1, 0.15) is 84.0 Å². The number of hydrogen-bond acceptors (Lipinski definition) is 30. The summed E-state index contributed by atoms with van der Waals surface area (Å²) in [4.78, 5) is 25.8. The van der Waals surface area contributed by atoms with Crippen LogP contribution in [0.2, 0.25) is 0 Å². The first-order chi connectivity index (χ1) is 43.4. The molecule has 9 aliphatic rings. The zero-order chi connectivity index (χ0) is 65.7. The summed E-state index contributed by atoms with van der Waals surface area (Å²) in [6.45, 7) is -0.303. The minimum Gasteiger partial charge on any atom is -0.460 e. The van der Waals surface area contributed by atoms with Gasteiger partial charge in [0.25, 0.3) is 0 Å². The molecule has 5 saturated heterocycles. The summed E-state index contributed by atoms with van der Waals surface area (Å²) in [5, 5.41) is 163. The van der Waals surface area contributed by atoms with Gasteiger partial charge in [0.2, 0.25) is 0 Å². The van der Waals surface area contributed by atoms with Gasteiger partial charge in [0.1, 0.15) is 104 Å². The first kappa shape index (κ1) is 72.6. The molecule has 4 saturated carbocycles. The van der Waals surface area contributed by atoms with Gasteiger partial charge in [0, 0.05) is 52.2 Å². The van der Waals surface area contributed by atoms with Crippen molar-refractivity contribution in [2.24, 2.45) is 23.7 Å². The number of hydrogen-bond donors (Lipinski definition) is 15. The normalized spacial score (nSPS) is 49.3. The van der Waals surface area contributed by atoms with Crippen LogP contribution in [0, 0.1) is 23.7 Å². The van der Waals surface area contributed by atoms with E-state index < -0.39 is 227 Å². The van der Waals surface area contributed by atoms with Crippen LogP contribution < -0.4 is 0 Å². The number of allylic oxidation sites excluding steroid dienone is 2. The van der Waals surface area contributed by atoms with Crippen LogP contribution in [-0.4, -0.2) is 324 Å². The third-order valence-corrected chi connectivity index (χ3v) is 20.0. The quantitative estimate of drug-likeness (QED) is 0.0289. The number of esters is 2. The molecule has 0 radical (unpaired) electrons. The fourth-order valence-corrected chi connectivity index (χ4v) is 14.5. The fraction of sp³-hybridized carbons (Fsp3) is 0.900. The number of carbonyl (C=O) groups is 2. The van der Waals surface area contributed by atoms with Crippen molar-refractivity contribution in [1.29, 1.82) is 0 Å². The standard InChI is InChI=1S/C60H96O31/c1-24-55(91-42(65)14-8-25-5-10-29(11-6-25)84-58-51(74)48(71)45(68)39(89-58)22-81-41(64)13-9-26-7-12-31(63)34(15-26)78-2)50(73)54(77)57(83-24)82-23-40-46(69)49(72)53(76)60(90-40)87-37-20-30-32(85-56(37)27-16-35(79-3)43(66)36(17-27)80-4)18-28(62)19-33(30)86-59-52(75)47(70)44(67)38(21-61)88-59/h8-9,13-14,24-40,43-63,66-77H,5-7,10-12,15-23H2,1-4H3/p+1/t24-,25?,26?,27?,28?,29?,30?,31?,32?,33?,34?,35?,36?,37?,38+,39+,40+,43?,44+,45+,46+,47-,48-,49-,50-,51+,52+,53+,54+,55-,56?,57+,58+,59+,60+/m0/s1. The summed E-state index contributed by atoms with van der Waals surface area (Å²) in [5.74, 6) is -2.72. The first-order valence-corrected chi connectivity index (χ1v) is 31.8. The first-order valence-electron chi connectivity index (χ1n) is 31.8. The van der Waals surface area contributed by atoms with E-state index in [1.807, 2.05) is 0 Å². The van der Waals surface area contributed by atoms with Crippen molar-refractivity contribution >= 4 is 11.9 Å². The van der Waals surface area contributed by atoms with E-state index in [0.717, 1.165) is 0 Å². The second-order valence-corrected chi connectivity index (χ2v) is 25.9. The van der Waals surface area contributed by atoms with Gasteiger partial charge >= 0.3 is 11.9 Å². The number of carbonyl (C=O) groups excluding carboxylic acids is 2. The Morgan fingerprint density at radius 1 is 0.484 bits per heavy atom. The molecule has 31 heteroatoms. The predicted octanol–water partition coefficient (Wildman–Crippen LogP) is -5.79. The van der Waals surface area contributed by atoms with E-state index in [2.05, 4.69) is 0 Å². The molecule has 5 heterocycles. The zero-order valence-electron chi connectivity index (χ0n) is 51.4. The lowest BCUT2D eigenvalue weighted by Crippen LogP contribution is -2.65. The van der Waals surface area contributed by atoms with Gasteiger partial charge in [0.05, 0.1) is 68.0 Å². The molecule has 0 aromatic rings. The highest BCUT2D eigenvalue weighted by molar-refractivity contribution is 5.82. The number of methoxy groups -OCH3 is 3. The minimum atomic E-state index is -1.90. The van der Waals surface area contributed by atoms with Gasteiger partial charge in [-0.2, -0.15) is 0 Å². The maximum absolute atomic E-state index is 13.2. The molecule has 0 aromatic heterocycles. The van der Waals surface area contributed by atoms with E-state index in [1.54, 1.807) is 12.2 Å². The molecule has 0 spiro atoms. The van der Waals surface area contributed by atoms with Crippen LogP contribution in [-0.2, 0) is 71.2 Å². The summed E-state index contributed by atoms with van der Waals surface area (Å²) in [6, 6.07) is 0. The number of rotatable bonds is 21. The molecule has 31 nitrogen and oxygen atoms in total. The summed E-state index contributed by atoms with van der Waals surface area (Å²) in [6.07, 6.45) is -29.7. The molecule has 11 unspecified atom stereocenters. The average molecular weight is 1310 g/mol. The van der Waals surface area contributed by atoms with Gasteiger partial charge in [-0.25, -0.2) is 9.59 Å². The van der Waals surface area contributed by atoms with Crippen molar-refractivity contribution < 1.29 is 153 Å². The molecule has 522 valence electrons. The monoisotopic (exact) mass is 1310 g/mol. The van der Waals surface area contributed by atoms with Crippen molar-refractivity contribution in [2.75, 3.05) is 41.2 Å². The highest BCUT2D eigenvalue weighted by Crippen LogP contribution is 2.45. The van der Waals surface area contributed by atoms with Crippen molar-refractivity contribution in [3.8, 4) is 0 Å². The van der Waals surface area contributed by atoms with Crippen LogP contribution in [0.4, 0.5) is 0 Å². The van der Waals surface area contributed by atoms with Gasteiger partial charge < -0.3 is 143 Å². The Kier molecular flexibility index (Phi) is 26.0. The predicted molar refractivity (Wildman–Crippen MR) is 303 cm³/mol. The van der Waals surface area contributed by atoms with E-state index in [1.165, 1.54) is 40.4 Å². The number of aliphatic hydroxyl groups is 17. The largest absolute Gasteiger partial charge is 0.460 e. The second-order valence-electron chi connectivity index (χ2n) is 25.9. The molecule has 9 rings (SSSR count). The van der Waals surface area contributed by atoms with E-state index in [9.17, 15) is 86.2 Å². The van der Waals surface area contributed by atoms with Crippen molar-refractivity contribution in [2.45, 2.75) is 274 Å². The van der Waals surface area contributed by atoms with Gasteiger partial charge in [-0.15, -0.1) is 0 Å². The molecule has 0 amide bonds. The third kappa shape index (κ3) is 17.2. The van der Waals surface area contributed by atoms with Crippen molar-refractivity contribution in [3.05, 3.63) is 24.3 Å². The maximum atomic E-state index is 13.2. The molecule has 16 N–H and O–H groups in total. The smallest absolute Gasteiger partial charge is 0.330 e. The molecular formula is C60H97O31+. The number of ether oxygens (including phenoxy) is 14. The lowest BCUT2D eigenvalue weighted by atomic mass is 9.72. The molecule has 91 heavy (non-hydrogen) atoms. The van der Waals surface area contributed by atoms with E-state index in [0.29, 0.717) is 44.9 Å². The average Bonchev–Trinajstić information content (AvgIpc) is 0.852. The lowest BCUT2D eigenvalue weighted by molar-refractivity contribution is -0.371. The molecule has 9 fully saturated rings. The molecule has 0 bridgehead atoms. The Morgan fingerprint density at radius 3 is 1.62 bits per heavy atom. The van der Waals surface area contributed by atoms with Crippen molar-refractivity contribution in [3.63, 3.8) is 0 Å². The van der Waals surface area contributed by atoms with Gasteiger partial charge in [0.15, 0.2) is 43.5 Å². The molecule has 0 aromatic carbocycles. The summed E-state index contributed by atoms with van der Waals surface area (Å²) in [5.41, 5.74) is 0. The Morgan fingerprint density at radius 2 is 1.01 bits per heavy atom. The number of fused-ring (bicyclic) bond motifs is 1. The number of aliphatic hydroxyl groups excluding tert-OH is 15. The van der Waals surface area contributed by atoms with E-state index in [-0.39, 0.29) is 50.0 Å². The zero-order valence-corrected chi connectivity index (χ0v) is 51.4.